The molecule has 0 fully saturated rings. The summed E-state index contributed by atoms with van der Waals surface area (Å²) in [6, 6.07) is 12.3. The molecule has 0 aliphatic rings. The fourth-order valence-electron chi connectivity index (χ4n) is 2.97. The smallest absolute Gasteiger partial charge is 0.159 e. The Bertz CT molecular complexity index is 1300. The van der Waals surface area contributed by atoms with E-state index in [0.717, 1.165) is 24.3 Å². The lowest BCUT2D eigenvalue weighted by molar-refractivity contribution is 0.413. The Kier molecular flexibility index (Phi) is 5.11. The van der Waals surface area contributed by atoms with Crippen molar-refractivity contribution in [1.29, 1.82) is 0 Å². The van der Waals surface area contributed by atoms with Gasteiger partial charge >= 0.3 is 0 Å². The SMILES string of the molecule is COc1ccc(-c2cc(F)c(C#Cc3ccc4cc(F)c(F)cc4c3)c(F)c2)nc1. The van der Waals surface area contributed by atoms with Gasteiger partial charge < -0.3 is 4.74 Å². The summed E-state index contributed by atoms with van der Waals surface area (Å²) in [5.41, 5.74) is 0.671. The summed E-state index contributed by atoms with van der Waals surface area (Å²) in [4.78, 5) is 4.12. The topological polar surface area (TPSA) is 22.1 Å². The predicted molar refractivity (Wildman–Crippen MR) is 106 cm³/mol. The molecular weight excluding hydrogens is 394 g/mol. The molecule has 0 N–H and O–H groups in total. The van der Waals surface area contributed by atoms with Crippen molar-refractivity contribution < 1.29 is 22.3 Å². The van der Waals surface area contributed by atoms with Crippen LogP contribution in [0.5, 0.6) is 5.75 Å². The van der Waals surface area contributed by atoms with Gasteiger partial charge in [0.2, 0.25) is 0 Å². The number of pyridine rings is 1. The standard InChI is InChI=1S/C24H13F4NO/c1-30-18-5-7-24(29-13-18)17-11-20(25)19(21(26)12-17)6-3-14-2-4-15-9-22(27)23(28)10-16(15)8-14/h2,4-5,7-13H,1H3. The Morgan fingerprint density at radius 3 is 2.07 bits per heavy atom. The van der Waals surface area contributed by atoms with Gasteiger partial charge in [0.25, 0.3) is 0 Å². The van der Waals surface area contributed by atoms with Crippen molar-refractivity contribution in [2.75, 3.05) is 7.11 Å². The molecule has 4 aromatic rings. The zero-order chi connectivity index (χ0) is 21.3. The summed E-state index contributed by atoms with van der Waals surface area (Å²) >= 11 is 0. The number of halogens is 4. The summed E-state index contributed by atoms with van der Waals surface area (Å²) in [5, 5.41) is 0.927. The van der Waals surface area contributed by atoms with Crippen LogP contribution >= 0.6 is 0 Å². The molecule has 0 atom stereocenters. The summed E-state index contributed by atoms with van der Waals surface area (Å²) < 4.78 is 60.8. The second kappa shape index (κ2) is 7.88. The van der Waals surface area contributed by atoms with E-state index in [4.69, 9.17) is 4.74 Å². The van der Waals surface area contributed by atoms with E-state index in [9.17, 15) is 17.6 Å². The van der Waals surface area contributed by atoms with Crippen LogP contribution in [0.1, 0.15) is 11.1 Å². The third-order valence-corrected chi connectivity index (χ3v) is 4.52. The maximum absolute atomic E-state index is 14.5. The van der Waals surface area contributed by atoms with Gasteiger partial charge in [-0.2, -0.15) is 0 Å². The number of fused-ring (bicyclic) bond motifs is 1. The number of nitrogens with zero attached hydrogens (tertiary/aromatic N) is 1. The number of hydrogen-bond donors (Lipinski definition) is 0. The number of hydrogen-bond acceptors (Lipinski definition) is 2. The van der Waals surface area contributed by atoms with Crippen LogP contribution in [0.2, 0.25) is 0 Å². The fourth-order valence-corrected chi connectivity index (χ4v) is 2.97. The fraction of sp³-hybridized carbons (Fsp3) is 0.0417. The van der Waals surface area contributed by atoms with Crippen molar-refractivity contribution in [3.63, 3.8) is 0 Å². The van der Waals surface area contributed by atoms with Gasteiger partial charge in [-0.25, -0.2) is 17.6 Å². The summed E-state index contributed by atoms with van der Waals surface area (Å²) in [6.07, 6.45) is 1.45. The molecule has 3 aromatic carbocycles. The van der Waals surface area contributed by atoms with Crippen LogP contribution in [0.4, 0.5) is 17.6 Å². The highest BCUT2D eigenvalue weighted by Gasteiger charge is 2.12. The first-order valence-electron chi connectivity index (χ1n) is 8.85. The summed E-state index contributed by atoms with van der Waals surface area (Å²) in [6.45, 7) is 0. The van der Waals surface area contributed by atoms with Crippen molar-refractivity contribution in [1.82, 2.24) is 4.98 Å². The number of rotatable bonds is 2. The first kappa shape index (κ1) is 19.5. The zero-order valence-electron chi connectivity index (χ0n) is 15.6. The van der Waals surface area contributed by atoms with Crippen LogP contribution in [0.25, 0.3) is 22.0 Å². The van der Waals surface area contributed by atoms with Gasteiger partial charge in [-0.05, 0) is 59.3 Å². The van der Waals surface area contributed by atoms with E-state index in [2.05, 4.69) is 16.8 Å². The van der Waals surface area contributed by atoms with Crippen molar-refractivity contribution in [2.45, 2.75) is 0 Å². The Hall–Kier alpha value is -3.85. The average Bonchev–Trinajstić information content (AvgIpc) is 2.74. The van der Waals surface area contributed by atoms with Crippen molar-refractivity contribution in [3.05, 3.63) is 95.2 Å². The average molecular weight is 407 g/mol. The summed E-state index contributed by atoms with van der Waals surface area (Å²) in [5.74, 6) is 2.08. The molecule has 0 aliphatic carbocycles. The Morgan fingerprint density at radius 2 is 1.43 bits per heavy atom. The predicted octanol–water partition coefficient (Wildman–Crippen LogP) is 5.87. The van der Waals surface area contributed by atoms with E-state index in [1.54, 1.807) is 24.3 Å². The Morgan fingerprint density at radius 1 is 0.733 bits per heavy atom. The number of ether oxygens (including phenoxy) is 1. The normalized spacial score (nSPS) is 10.6. The van der Waals surface area contributed by atoms with Crippen LogP contribution in [0.3, 0.4) is 0 Å². The van der Waals surface area contributed by atoms with Crippen LogP contribution in [0, 0.1) is 35.1 Å². The monoisotopic (exact) mass is 407 g/mol. The van der Waals surface area contributed by atoms with Crippen LogP contribution in [-0.2, 0) is 0 Å². The maximum Gasteiger partial charge on any atom is 0.159 e. The molecule has 1 aromatic heterocycles. The molecule has 1 heterocycles. The molecule has 0 radical (unpaired) electrons. The Balaban J connectivity index is 1.68. The molecule has 0 aliphatic heterocycles. The highest BCUT2D eigenvalue weighted by Crippen LogP contribution is 2.24. The zero-order valence-corrected chi connectivity index (χ0v) is 15.6. The Labute approximate surface area is 169 Å². The highest BCUT2D eigenvalue weighted by molar-refractivity contribution is 5.84. The van der Waals surface area contributed by atoms with E-state index in [-0.39, 0.29) is 5.56 Å². The molecule has 0 amide bonds. The quantitative estimate of drug-likeness (QED) is 0.306. The van der Waals surface area contributed by atoms with Crippen molar-refractivity contribution >= 4 is 10.8 Å². The minimum atomic E-state index is -0.979. The van der Waals surface area contributed by atoms with Gasteiger partial charge in [-0.3, -0.25) is 4.98 Å². The molecule has 0 unspecified atom stereocenters. The molecule has 148 valence electrons. The largest absolute Gasteiger partial charge is 0.495 e. The molecule has 0 bridgehead atoms. The molecule has 0 saturated heterocycles. The van der Waals surface area contributed by atoms with Crippen LogP contribution in [-0.4, -0.2) is 12.1 Å². The summed E-state index contributed by atoms with van der Waals surface area (Å²) in [7, 11) is 1.49. The van der Waals surface area contributed by atoms with Gasteiger partial charge in [0.15, 0.2) is 11.6 Å². The number of benzene rings is 3. The first-order chi connectivity index (χ1) is 14.4. The van der Waals surface area contributed by atoms with E-state index in [0.29, 0.717) is 27.8 Å². The lowest BCUT2D eigenvalue weighted by Crippen LogP contribution is -1.94. The van der Waals surface area contributed by atoms with E-state index in [1.165, 1.54) is 19.4 Å². The van der Waals surface area contributed by atoms with E-state index >= 15 is 0 Å². The minimum absolute atomic E-state index is 0.265. The second-order valence-corrected chi connectivity index (χ2v) is 6.48. The van der Waals surface area contributed by atoms with Gasteiger partial charge in [-0.15, -0.1) is 0 Å². The highest BCUT2D eigenvalue weighted by atomic mass is 19.2. The molecule has 6 heteroatoms. The van der Waals surface area contributed by atoms with Crippen molar-refractivity contribution in [2.24, 2.45) is 0 Å². The minimum Gasteiger partial charge on any atom is -0.495 e. The third kappa shape index (κ3) is 3.83. The van der Waals surface area contributed by atoms with Gasteiger partial charge in [0, 0.05) is 11.1 Å². The molecular formula is C24H13F4NO. The number of methoxy groups -OCH3 is 1. The van der Waals surface area contributed by atoms with Gasteiger partial charge in [0.05, 0.1) is 24.6 Å². The third-order valence-electron chi connectivity index (χ3n) is 4.52. The molecule has 2 nitrogen and oxygen atoms in total. The van der Waals surface area contributed by atoms with Gasteiger partial charge in [-0.1, -0.05) is 17.9 Å². The molecule has 4 rings (SSSR count). The van der Waals surface area contributed by atoms with Crippen LogP contribution < -0.4 is 4.74 Å². The van der Waals surface area contributed by atoms with E-state index < -0.39 is 28.8 Å². The molecule has 0 saturated carbocycles. The van der Waals surface area contributed by atoms with E-state index in [1.807, 2.05) is 0 Å². The number of aromatic nitrogens is 1. The van der Waals surface area contributed by atoms with Crippen molar-refractivity contribution in [3.8, 4) is 28.8 Å². The van der Waals surface area contributed by atoms with Crippen LogP contribution in [0.15, 0.2) is 60.8 Å². The molecule has 0 spiro atoms. The lowest BCUT2D eigenvalue weighted by Gasteiger charge is -2.05. The second-order valence-electron chi connectivity index (χ2n) is 6.48. The lowest BCUT2D eigenvalue weighted by atomic mass is 10.0. The molecule has 30 heavy (non-hydrogen) atoms. The maximum atomic E-state index is 14.5. The van der Waals surface area contributed by atoms with Gasteiger partial charge in [0.1, 0.15) is 17.4 Å². The first-order valence-corrected chi connectivity index (χ1v) is 8.85.